The van der Waals surface area contributed by atoms with Gasteiger partial charge in [0.1, 0.15) is 6.61 Å². The predicted octanol–water partition coefficient (Wildman–Crippen LogP) is -0.418. The number of ether oxygens (including phenoxy) is 1. The van der Waals surface area contributed by atoms with Gasteiger partial charge in [0, 0.05) is 0 Å². The number of hydrogen-bond acceptors (Lipinski definition) is 7. The Morgan fingerprint density at radius 1 is 1.04 bits per heavy atom. The molecule has 1 rings (SSSR count). The van der Waals surface area contributed by atoms with Crippen LogP contribution in [0.2, 0.25) is 0 Å². The Hall–Kier alpha value is -3.47. The number of carbonyl (C=O) groups excluding carboxylic acids is 2. The second-order valence-electron chi connectivity index (χ2n) is 5.54. The van der Waals surface area contributed by atoms with E-state index in [2.05, 4.69) is 0 Å². The normalized spacial score (nSPS) is 13.7. The molecule has 2 atom stereocenters. The number of benzene rings is 1. The summed E-state index contributed by atoms with van der Waals surface area (Å²) in [6.45, 7) is -0.273. The largest absolute Gasteiger partial charge is 0.481 e. The summed E-state index contributed by atoms with van der Waals surface area (Å²) >= 11 is 0. The van der Waals surface area contributed by atoms with Crippen LogP contribution in [0.25, 0.3) is 0 Å². The van der Waals surface area contributed by atoms with Gasteiger partial charge < -0.3 is 25.8 Å². The van der Waals surface area contributed by atoms with E-state index in [-0.39, 0.29) is 6.61 Å². The lowest BCUT2D eigenvalue weighted by molar-refractivity contribution is -0.157. The van der Waals surface area contributed by atoms with E-state index in [4.69, 9.17) is 20.7 Å². The average Bonchev–Trinajstić information content (AvgIpc) is 2.58. The molecule has 0 saturated heterocycles. The summed E-state index contributed by atoms with van der Waals surface area (Å²) in [6.07, 6.45) is -3.68. The molecule has 2 unspecified atom stereocenters. The van der Waals surface area contributed by atoms with Crippen molar-refractivity contribution in [2.75, 3.05) is 0 Å². The van der Waals surface area contributed by atoms with Crippen LogP contribution in [-0.2, 0) is 30.5 Å². The summed E-state index contributed by atoms with van der Waals surface area (Å²) in [6, 6.07) is 6.42. The van der Waals surface area contributed by atoms with E-state index in [9.17, 15) is 29.1 Å². The van der Waals surface area contributed by atoms with E-state index in [1.165, 1.54) is 0 Å². The number of carboxylic acid groups (broad SMARTS) is 3. The maximum absolute atomic E-state index is 12.4. The Morgan fingerprint density at radius 3 is 2.11 bits per heavy atom. The zero-order valence-electron chi connectivity index (χ0n) is 14.0. The SMILES string of the molecule is NC(CC(=O)O)C(=O)C(CC(=O)O)(NC(=O)OCc1ccccc1)C(=O)O. The number of amides is 1. The van der Waals surface area contributed by atoms with Gasteiger partial charge >= 0.3 is 24.0 Å². The Balaban J connectivity index is 3.03. The second kappa shape index (κ2) is 9.29. The minimum Gasteiger partial charge on any atom is -0.481 e. The summed E-state index contributed by atoms with van der Waals surface area (Å²) in [5.74, 6) is -6.71. The molecule has 1 amide bonds. The van der Waals surface area contributed by atoms with E-state index >= 15 is 0 Å². The summed E-state index contributed by atoms with van der Waals surface area (Å²) in [4.78, 5) is 57.8. The van der Waals surface area contributed by atoms with Crippen LogP contribution >= 0.6 is 0 Å². The molecule has 11 heteroatoms. The number of Topliss-reactive ketones (excluding diaryl/α,β-unsaturated/α-hetero) is 1. The molecule has 0 heterocycles. The van der Waals surface area contributed by atoms with Crippen LogP contribution in [0.5, 0.6) is 0 Å². The number of aliphatic carboxylic acids is 3. The number of alkyl carbamates (subject to hydrolysis) is 1. The van der Waals surface area contributed by atoms with Crippen LogP contribution in [0, 0.1) is 0 Å². The standard InChI is InChI=1S/C16H18N2O9/c17-10(6-11(19)20)13(23)16(14(24)25,7-12(21)22)18-15(26)27-8-9-4-2-1-3-5-9/h1-5,10H,6-8,17H2,(H,18,26)(H,19,20)(H,21,22)(H,24,25). The molecular formula is C16H18N2O9. The fourth-order valence-electron chi connectivity index (χ4n) is 2.18. The van der Waals surface area contributed by atoms with Crippen molar-refractivity contribution < 1.29 is 44.0 Å². The lowest BCUT2D eigenvalue weighted by Crippen LogP contribution is -2.65. The lowest BCUT2D eigenvalue weighted by Gasteiger charge is -2.29. The molecule has 6 N–H and O–H groups in total. The van der Waals surface area contributed by atoms with Crippen LogP contribution < -0.4 is 11.1 Å². The van der Waals surface area contributed by atoms with Gasteiger partial charge in [-0.1, -0.05) is 30.3 Å². The van der Waals surface area contributed by atoms with Gasteiger partial charge in [-0.05, 0) is 5.56 Å². The van der Waals surface area contributed by atoms with Gasteiger partial charge in [-0.25, -0.2) is 9.59 Å². The monoisotopic (exact) mass is 382 g/mol. The zero-order chi connectivity index (χ0) is 20.6. The average molecular weight is 382 g/mol. The van der Waals surface area contributed by atoms with E-state index in [1.54, 1.807) is 35.6 Å². The Bertz CT molecular complexity index is 735. The number of rotatable bonds is 10. The predicted molar refractivity (Wildman–Crippen MR) is 87.6 cm³/mol. The lowest BCUT2D eigenvalue weighted by atomic mass is 9.85. The van der Waals surface area contributed by atoms with Gasteiger partial charge in [0.05, 0.1) is 18.9 Å². The molecule has 1 aromatic rings. The maximum atomic E-state index is 12.4. The third kappa shape index (κ3) is 6.08. The number of carbonyl (C=O) groups is 5. The Kier molecular flexibility index (Phi) is 7.42. The molecular weight excluding hydrogens is 364 g/mol. The number of nitrogens with two attached hydrogens (primary N) is 1. The molecule has 0 fully saturated rings. The maximum Gasteiger partial charge on any atom is 0.408 e. The first-order chi connectivity index (χ1) is 12.6. The fraction of sp³-hybridized carbons (Fsp3) is 0.312. The molecule has 0 aliphatic carbocycles. The van der Waals surface area contributed by atoms with Crippen molar-refractivity contribution in [1.29, 1.82) is 0 Å². The molecule has 1 aromatic carbocycles. The summed E-state index contributed by atoms with van der Waals surface area (Å²) in [5, 5.41) is 28.8. The van der Waals surface area contributed by atoms with Gasteiger partial charge in [-0.2, -0.15) is 0 Å². The van der Waals surface area contributed by atoms with Crippen molar-refractivity contribution >= 4 is 29.8 Å². The first-order valence-electron chi connectivity index (χ1n) is 7.54. The molecule has 0 bridgehead atoms. The van der Waals surface area contributed by atoms with Crippen LogP contribution in [-0.4, -0.2) is 56.7 Å². The minimum absolute atomic E-state index is 0.273. The van der Waals surface area contributed by atoms with Crippen LogP contribution in [0.1, 0.15) is 18.4 Å². The minimum atomic E-state index is -2.98. The third-order valence-electron chi connectivity index (χ3n) is 3.46. The Labute approximate surface area is 152 Å². The van der Waals surface area contributed by atoms with Crippen molar-refractivity contribution in [2.45, 2.75) is 31.0 Å². The van der Waals surface area contributed by atoms with Crippen molar-refractivity contribution in [2.24, 2.45) is 5.73 Å². The quantitative estimate of drug-likeness (QED) is 0.332. The van der Waals surface area contributed by atoms with E-state index < -0.39 is 54.2 Å². The molecule has 146 valence electrons. The smallest absolute Gasteiger partial charge is 0.408 e. The first-order valence-corrected chi connectivity index (χ1v) is 7.54. The molecule has 27 heavy (non-hydrogen) atoms. The van der Waals surface area contributed by atoms with Gasteiger partial charge in [0.2, 0.25) is 5.54 Å². The molecule has 0 aliphatic rings. The van der Waals surface area contributed by atoms with E-state index in [1.807, 2.05) is 0 Å². The number of ketones is 1. The molecule has 0 saturated carbocycles. The first kappa shape index (κ1) is 21.6. The fourth-order valence-corrected chi connectivity index (χ4v) is 2.18. The molecule has 11 nitrogen and oxygen atoms in total. The number of nitrogens with one attached hydrogen (secondary N) is 1. The number of carboxylic acids is 3. The molecule has 0 aliphatic heterocycles. The summed E-state index contributed by atoms with van der Waals surface area (Å²) in [5.41, 5.74) is 2.96. The molecule has 0 aromatic heterocycles. The molecule has 0 radical (unpaired) electrons. The van der Waals surface area contributed by atoms with Crippen molar-refractivity contribution in [3.05, 3.63) is 35.9 Å². The van der Waals surface area contributed by atoms with Gasteiger partial charge in [-0.3, -0.25) is 19.7 Å². The highest BCUT2D eigenvalue weighted by Gasteiger charge is 2.51. The second-order valence-corrected chi connectivity index (χ2v) is 5.54. The van der Waals surface area contributed by atoms with E-state index in [0.717, 1.165) is 0 Å². The topological polar surface area (TPSA) is 193 Å². The van der Waals surface area contributed by atoms with Gasteiger partial charge in [0.15, 0.2) is 5.78 Å². The van der Waals surface area contributed by atoms with Gasteiger partial charge in [0.25, 0.3) is 0 Å². The highest BCUT2D eigenvalue weighted by molar-refractivity contribution is 6.14. The van der Waals surface area contributed by atoms with Crippen molar-refractivity contribution in [3.8, 4) is 0 Å². The molecule has 0 spiro atoms. The van der Waals surface area contributed by atoms with E-state index in [0.29, 0.717) is 5.56 Å². The van der Waals surface area contributed by atoms with Crippen LogP contribution in [0.3, 0.4) is 0 Å². The highest BCUT2D eigenvalue weighted by Crippen LogP contribution is 2.17. The van der Waals surface area contributed by atoms with Gasteiger partial charge in [-0.15, -0.1) is 0 Å². The van der Waals surface area contributed by atoms with Crippen LogP contribution in [0.4, 0.5) is 4.79 Å². The summed E-state index contributed by atoms with van der Waals surface area (Å²) < 4.78 is 4.81. The zero-order valence-corrected chi connectivity index (χ0v) is 14.0. The van der Waals surface area contributed by atoms with Crippen molar-refractivity contribution in [3.63, 3.8) is 0 Å². The van der Waals surface area contributed by atoms with Crippen LogP contribution in [0.15, 0.2) is 30.3 Å². The third-order valence-corrected chi connectivity index (χ3v) is 3.46. The number of hydrogen-bond donors (Lipinski definition) is 5. The highest BCUT2D eigenvalue weighted by atomic mass is 16.5. The summed E-state index contributed by atoms with van der Waals surface area (Å²) in [7, 11) is 0. The Morgan fingerprint density at radius 2 is 1.63 bits per heavy atom. The van der Waals surface area contributed by atoms with Crippen molar-refractivity contribution in [1.82, 2.24) is 5.32 Å².